The summed E-state index contributed by atoms with van der Waals surface area (Å²) in [5.41, 5.74) is 5.03. The highest BCUT2D eigenvalue weighted by molar-refractivity contribution is 7.80. The number of thiocarbonyl (C=S) groups is 1. The van der Waals surface area contributed by atoms with Gasteiger partial charge in [0.2, 0.25) is 0 Å². The fraction of sp³-hybridized carbons (Fsp3) is 0.385. The second kappa shape index (κ2) is 5.77. The molecule has 0 bridgehead atoms. The predicted molar refractivity (Wildman–Crippen MR) is 75.2 cm³/mol. The Balaban J connectivity index is 1.94. The Bertz CT molecular complexity index is 408. The molecule has 4 heteroatoms. The molecule has 0 amide bonds. The highest BCUT2D eigenvalue weighted by Crippen LogP contribution is 2.07. The van der Waals surface area contributed by atoms with Crippen LogP contribution in [0.25, 0.3) is 0 Å². The van der Waals surface area contributed by atoms with Gasteiger partial charge in [0, 0.05) is 13.1 Å². The van der Waals surface area contributed by atoms with Gasteiger partial charge in [-0.2, -0.15) is 5.10 Å². The third-order valence-electron chi connectivity index (χ3n) is 2.90. The average molecular weight is 247 g/mol. The van der Waals surface area contributed by atoms with Gasteiger partial charge in [-0.1, -0.05) is 30.3 Å². The summed E-state index contributed by atoms with van der Waals surface area (Å²) in [5.74, 6) is 0. The maximum atomic E-state index is 5.29. The Morgan fingerprint density at radius 3 is 2.53 bits per heavy atom. The largest absolute Gasteiger partial charge is 0.348 e. The first kappa shape index (κ1) is 12.0. The molecule has 1 heterocycles. The van der Waals surface area contributed by atoms with Crippen LogP contribution in [0.15, 0.2) is 35.4 Å². The zero-order valence-electron chi connectivity index (χ0n) is 10.0. The molecular formula is C13H17N3S. The number of likely N-dealkylation sites (tertiary alicyclic amines) is 1. The molecule has 1 aliphatic heterocycles. The van der Waals surface area contributed by atoms with Crippen LogP contribution >= 0.6 is 12.2 Å². The van der Waals surface area contributed by atoms with Crippen molar-refractivity contribution in [2.24, 2.45) is 5.10 Å². The molecule has 0 spiro atoms. The quantitative estimate of drug-likeness (QED) is 0.494. The van der Waals surface area contributed by atoms with Crippen LogP contribution in [0.5, 0.6) is 0 Å². The number of nitrogens with one attached hydrogen (secondary N) is 1. The summed E-state index contributed by atoms with van der Waals surface area (Å²) in [6.07, 6.45) is 2.45. The van der Waals surface area contributed by atoms with Gasteiger partial charge < -0.3 is 4.90 Å². The lowest BCUT2D eigenvalue weighted by Crippen LogP contribution is -2.35. The molecular weight excluding hydrogens is 230 g/mol. The van der Waals surface area contributed by atoms with Crippen molar-refractivity contribution in [3.05, 3.63) is 35.9 Å². The summed E-state index contributed by atoms with van der Waals surface area (Å²) < 4.78 is 0. The van der Waals surface area contributed by atoms with Crippen molar-refractivity contribution in [1.29, 1.82) is 0 Å². The summed E-state index contributed by atoms with van der Waals surface area (Å²) in [7, 11) is 0. The van der Waals surface area contributed by atoms with E-state index >= 15 is 0 Å². The Morgan fingerprint density at radius 2 is 1.88 bits per heavy atom. The lowest BCUT2D eigenvalue weighted by Gasteiger charge is -2.17. The Morgan fingerprint density at radius 1 is 1.24 bits per heavy atom. The van der Waals surface area contributed by atoms with E-state index < -0.39 is 0 Å². The Hall–Kier alpha value is -1.42. The molecule has 0 radical (unpaired) electrons. The zero-order chi connectivity index (χ0) is 12.1. The van der Waals surface area contributed by atoms with Crippen molar-refractivity contribution in [1.82, 2.24) is 10.3 Å². The van der Waals surface area contributed by atoms with E-state index in [-0.39, 0.29) is 0 Å². The molecule has 1 saturated heterocycles. The minimum absolute atomic E-state index is 0.734. The van der Waals surface area contributed by atoms with Crippen molar-refractivity contribution >= 4 is 23.0 Å². The van der Waals surface area contributed by atoms with E-state index in [1.165, 1.54) is 12.8 Å². The fourth-order valence-electron chi connectivity index (χ4n) is 1.87. The van der Waals surface area contributed by atoms with Crippen molar-refractivity contribution in [2.45, 2.75) is 19.8 Å². The van der Waals surface area contributed by atoms with Gasteiger partial charge >= 0.3 is 0 Å². The molecule has 0 atom stereocenters. The molecule has 0 aromatic heterocycles. The Labute approximate surface area is 108 Å². The highest BCUT2D eigenvalue weighted by Gasteiger charge is 2.13. The van der Waals surface area contributed by atoms with Crippen LogP contribution in [0.3, 0.4) is 0 Å². The topological polar surface area (TPSA) is 27.6 Å². The zero-order valence-corrected chi connectivity index (χ0v) is 10.8. The molecule has 1 N–H and O–H groups in total. The lowest BCUT2D eigenvalue weighted by molar-refractivity contribution is 0.509. The molecule has 0 unspecified atom stereocenters. The van der Waals surface area contributed by atoms with Crippen molar-refractivity contribution in [3.63, 3.8) is 0 Å². The van der Waals surface area contributed by atoms with Crippen LogP contribution in [0.1, 0.15) is 25.3 Å². The van der Waals surface area contributed by atoms with E-state index in [9.17, 15) is 0 Å². The van der Waals surface area contributed by atoms with Crippen LogP contribution < -0.4 is 5.43 Å². The molecule has 0 saturated carbocycles. The lowest BCUT2D eigenvalue weighted by atomic mass is 10.1. The van der Waals surface area contributed by atoms with Crippen LogP contribution in [0.2, 0.25) is 0 Å². The van der Waals surface area contributed by atoms with Crippen LogP contribution in [-0.4, -0.2) is 28.8 Å². The molecule has 17 heavy (non-hydrogen) atoms. The smallest absolute Gasteiger partial charge is 0.189 e. The van der Waals surface area contributed by atoms with E-state index in [1.807, 2.05) is 37.3 Å². The normalized spacial score (nSPS) is 16.1. The van der Waals surface area contributed by atoms with E-state index in [0.717, 1.165) is 29.5 Å². The highest BCUT2D eigenvalue weighted by atomic mass is 32.1. The van der Waals surface area contributed by atoms with Gasteiger partial charge in [-0.3, -0.25) is 5.43 Å². The summed E-state index contributed by atoms with van der Waals surface area (Å²) in [6.45, 7) is 4.08. The minimum Gasteiger partial charge on any atom is -0.348 e. The van der Waals surface area contributed by atoms with E-state index in [1.54, 1.807) is 0 Å². The Kier molecular flexibility index (Phi) is 4.09. The van der Waals surface area contributed by atoms with Gasteiger partial charge in [-0.25, -0.2) is 0 Å². The molecule has 1 aliphatic rings. The van der Waals surface area contributed by atoms with Crippen molar-refractivity contribution in [3.8, 4) is 0 Å². The number of rotatable bonds is 2. The first-order valence-electron chi connectivity index (χ1n) is 5.92. The number of hydrogen-bond acceptors (Lipinski definition) is 2. The van der Waals surface area contributed by atoms with Crippen LogP contribution in [0, 0.1) is 0 Å². The molecule has 1 fully saturated rings. The number of hydrogen-bond donors (Lipinski definition) is 1. The summed E-state index contributed by atoms with van der Waals surface area (Å²) in [5, 5.41) is 5.06. The van der Waals surface area contributed by atoms with E-state index in [0.29, 0.717) is 0 Å². The first-order chi connectivity index (χ1) is 8.27. The SMILES string of the molecule is CC(=NNC(=S)N1CCCC1)c1ccccc1. The standard InChI is InChI=1S/C13H17N3S/c1-11(12-7-3-2-4-8-12)14-15-13(17)16-9-5-6-10-16/h2-4,7-8H,5-6,9-10H2,1H3,(H,15,17). The summed E-state index contributed by atoms with van der Waals surface area (Å²) in [6, 6.07) is 10.1. The number of nitrogens with zero attached hydrogens (tertiary/aromatic N) is 2. The number of benzene rings is 1. The van der Waals surface area contributed by atoms with Crippen molar-refractivity contribution in [2.75, 3.05) is 13.1 Å². The summed E-state index contributed by atoms with van der Waals surface area (Å²) >= 11 is 5.29. The maximum Gasteiger partial charge on any atom is 0.189 e. The third kappa shape index (κ3) is 3.27. The molecule has 1 aromatic carbocycles. The predicted octanol–water partition coefficient (Wildman–Crippen LogP) is 2.38. The van der Waals surface area contributed by atoms with Gasteiger partial charge in [0.1, 0.15) is 0 Å². The van der Waals surface area contributed by atoms with E-state index in [4.69, 9.17) is 12.2 Å². The second-order valence-corrected chi connectivity index (χ2v) is 4.56. The first-order valence-corrected chi connectivity index (χ1v) is 6.33. The molecule has 1 aromatic rings. The monoisotopic (exact) mass is 247 g/mol. The molecule has 0 aliphatic carbocycles. The van der Waals surface area contributed by atoms with Crippen LogP contribution in [0.4, 0.5) is 0 Å². The summed E-state index contributed by atoms with van der Waals surface area (Å²) in [4.78, 5) is 2.16. The molecule has 3 nitrogen and oxygen atoms in total. The van der Waals surface area contributed by atoms with Crippen LogP contribution in [-0.2, 0) is 0 Å². The van der Waals surface area contributed by atoms with Gasteiger partial charge in [0.25, 0.3) is 0 Å². The fourth-order valence-corrected chi connectivity index (χ4v) is 2.09. The minimum atomic E-state index is 0.734. The molecule has 2 rings (SSSR count). The van der Waals surface area contributed by atoms with Gasteiger partial charge in [0.05, 0.1) is 5.71 Å². The van der Waals surface area contributed by atoms with Gasteiger partial charge in [-0.15, -0.1) is 0 Å². The second-order valence-electron chi connectivity index (χ2n) is 4.17. The van der Waals surface area contributed by atoms with Gasteiger partial charge in [0.15, 0.2) is 5.11 Å². The molecule has 90 valence electrons. The third-order valence-corrected chi connectivity index (χ3v) is 3.25. The maximum absolute atomic E-state index is 5.29. The average Bonchev–Trinajstić information content (AvgIpc) is 2.90. The number of hydrazone groups is 1. The van der Waals surface area contributed by atoms with Crippen molar-refractivity contribution < 1.29 is 0 Å². The van der Waals surface area contributed by atoms with Gasteiger partial charge in [-0.05, 0) is 37.5 Å². The van der Waals surface area contributed by atoms with E-state index in [2.05, 4.69) is 15.4 Å².